The number of fused-ring (bicyclic) bond motifs is 1. The summed E-state index contributed by atoms with van der Waals surface area (Å²) < 4.78 is 29.5. The Morgan fingerprint density at radius 1 is 1.20 bits per heavy atom. The van der Waals surface area contributed by atoms with Gasteiger partial charge >= 0.3 is 6.03 Å². The molecular weight excluding hydrogens is 406 g/mol. The number of ether oxygens (including phenoxy) is 1. The van der Waals surface area contributed by atoms with Gasteiger partial charge in [0, 0.05) is 18.2 Å². The van der Waals surface area contributed by atoms with E-state index < -0.39 is 15.9 Å². The number of anilines is 1. The first-order valence-corrected chi connectivity index (χ1v) is 11.3. The van der Waals surface area contributed by atoms with Gasteiger partial charge in [-0.1, -0.05) is 17.7 Å². The van der Waals surface area contributed by atoms with Crippen molar-refractivity contribution in [2.24, 2.45) is 0 Å². The Morgan fingerprint density at radius 3 is 2.73 bits per heavy atom. The number of H-pyrrole nitrogens is 1. The zero-order valence-corrected chi connectivity index (χ0v) is 17.9. The first-order valence-electron chi connectivity index (χ1n) is 9.42. The van der Waals surface area contributed by atoms with Crippen LogP contribution in [0.25, 0.3) is 10.9 Å². The number of rotatable bonds is 8. The molecule has 0 unspecified atom stereocenters. The van der Waals surface area contributed by atoms with Crippen LogP contribution in [0.3, 0.4) is 0 Å². The molecule has 0 aliphatic rings. The van der Waals surface area contributed by atoms with Gasteiger partial charge in [-0.3, -0.25) is 16.0 Å². The molecule has 0 aliphatic carbocycles. The minimum absolute atomic E-state index is 0.171. The molecule has 3 aromatic rings. The molecule has 0 saturated carbocycles. The number of hydrogen-bond donors (Lipinski definition) is 4. The van der Waals surface area contributed by atoms with E-state index in [-0.39, 0.29) is 4.90 Å². The molecule has 1 heterocycles. The summed E-state index contributed by atoms with van der Waals surface area (Å²) in [6.07, 6.45) is 3.22. The number of amides is 2. The lowest BCUT2D eigenvalue weighted by molar-refractivity contribution is 0.241. The highest BCUT2D eigenvalue weighted by molar-refractivity contribution is 7.91. The molecule has 0 radical (unpaired) electrons. The fourth-order valence-corrected chi connectivity index (χ4v) is 3.89. The van der Waals surface area contributed by atoms with Crippen LogP contribution in [0.4, 0.5) is 10.5 Å². The molecule has 4 N–H and O–H groups in total. The van der Waals surface area contributed by atoms with Crippen LogP contribution in [0.5, 0.6) is 5.75 Å². The number of hydrogen-bond acceptors (Lipinski definition) is 6. The molecule has 0 aliphatic heterocycles. The third kappa shape index (κ3) is 5.20. The lowest BCUT2D eigenvalue weighted by atomic mass is 10.1. The van der Waals surface area contributed by atoms with E-state index in [0.717, 1.165) is 17.6 Å². The van der Waals surface area contributed by atoms with Crippen LogP contribution in [-0.2, 0) is 9.84 Å². The van der Waals surface area contributed by atoms with E-state index in [9.17, 15) is 13.2 Å². The number of aromatic nitrogens is 2. The molecule has 0 bridgehead atoms. The second kappa shape index (κ2) is 9.04. The highest BCUT2D eigenvalue weighted by Gasteiger charge is 2.15. The summed E-state index contributed by atoms with van der Waals surface area (Å²) in [5.41, 5.74) is 8.55. The molecule has 2 amide bonds. The third-order valence-electron chi connectivity index (χ3n) is 4.48. The molecule has 0 fully saturated rings. The van der Waals surface area contributed by atoms with Gasteiger partial charge in [0.05, 0.1) is 28.9 Å². The van der Waals surface area contributed by atoms with Crippen LogP contribution in [0.2, 0.25) is 0 Å². The minimum Gasteiger partial charge on any atom is -0.493 e. The van der Waals surface area contributed by atoms with Crippen LogP contribution in [0, 0.1) is 13.8 Å². The first-order chi connectivity index (χ1) is 14.3. The number of hydrazine groups is 1. The fourth-order valence-electron chi connectivity index (χ4n) is 3.02. The summed E-state index contributed by atoms with van der Waals surface area (Å²) in [5.74, 6) is 0.841. The lowest BCUT2D eigenvalue weighted by Gasteiger charge is -2.12. The predicted octanol–water partition coefficient (Wildman–Crippen LogP) is 2.68. The van der Waals surface area contributed by atoms with E-state index in [4.69, 9.17) is 4.74 Å². The Hall–Kier alpha value is -3.27. The zero-order chi connectivity index (χ0) is 21.7. The summed E-state index contributed by atoms with van der Waals surface area (Å²) in [4.78, 5) is 12.2. The van der Waals surface area contributed by atoms with Crippen LogP contribution in [-0.4, -0.2) is 44.1 Å². The molecule has 160 valence electrons. The number of aromatic amines is 1. The van der Waals surface area contributed by atoms with Gasteiger partial charge in [-0.25, -0.2) is 13.2 Å². The monoisotopic (exact) mass is 431 g/mol. The summed E-state index contributed by atoms with van der Waals surface area (Å²) in [6.45, 7) is 4.95. The summed E-state index contributed by atoms with van der Waals surface area (Å²) in [6, 6.07) is 8.63. The standard InChI is InChI=1S/C20H25N5O4S/c1-13-5-7-17(14(2)11-13)29-10-4-9-21-20(26)25-23-16-6-8-18(30(3,27)28)15-12-22-24-19(15)16/h5-8,11-12,23H,4,9-10H2,1-3H3,(H,22,24)(H2,21,25,26). The molecule has 0 spiro atoms. The number of benzene rings is 2. The van der Waals surface area contributed by atoms with Crippen molar-refractivity contribution in [3.63, 3.8) is 0 Å². The van der Waals surface area contributed by atoms with Crippen molar-refractivity contribution >= 4 is 32.5 Å². The largest absolute Gasteiger partial charge is 0.493 e. The Kier molecular flexibility index (Phi) is 6.46. The molecule has 0 atom stereocenters. The van der Waals surface area contributed by atoms with Crippen molar-refractivity contribution in [1.29, 1.82) is 0 Å². The predicted molar refractivity (Wildman–Crippen MR) is 115 cm³/mol. The van der Waals surface area contributed by atoms with E-state index >= 15 is 0 Å². The van der Waals surface area contributed by atoms with Crippen LogP contribution < -0.4 is 20.9 Å². The van der Waals surface area contributed by atoms with E-state index in [2.05, 4.69) is 32.4 Å². The van der Waals surface area contributed by atoms with Crippen molar-refractivity contribution in [3.8, 4) is 5.75 Å². The summed E-state index contributed by atoms with van der Waals surface area (Å²) >= 11 is 0. The number of sulfone groups is 1. The van der Waals surface area contributed by atoms with Gasteiger partial charge in [-0.05, 0) is 44.0 Å². The lowest BCUT2D eigenvalue weighted by Crippen LogP contribution is -2.39. The van der Waals surface area contributed by atoms with Gasteiger partial charge in [0.25, 0.3) is 0 Å². The van der Waals surface area contributed by atoms with Gasteiger partial charge in [-0.2, -0.15) is 5.10 Å². The highest BCUT2D eigenvalue weighted by atomic mass is 32.2. The second-order valence-corrected chi connectivity index (χ2v) is 9.00. The van der Waals surface area contributed by atoms with E-state index in [1.165, 1.54) is 17.8 Å². The van der Waals surface area contributed by atoms with Gasteiger partial charge in [0.2, 0.25) is 0 Å². The van der Waals surface area contributed by atoms with Crippen LogP contribution in [0.1, 0.15) is 17.5 Å². The van der Waals surface area contributed by atoms with E-state index in [0.29, 0.717) is 36.2 Å². The van der Waals surface area contributed by atoms with Crippen LogP contribution >= 0.6 is 0 Å². The van der Waals surface area contributed by atoms with Gasteiger partial charge in [-0.15, -0.1) is 0 Å². The van der Waals surface area contributed by atoms with Gasteiger partial charge in [0.1, 0.15) is 5.75 Å². The van der Waals surface area contributed by atoms with E-state index in [1.54, 1.807) is 6.07 Å². The van der Waals surface area contributed by atoms with Crippen molar-refractivity contribution in [3.05, 3.63) is 47.7 Å². The molecule has 2 aromatic carbocycles. The fraction of sp³-hybridized carbons (Fsp3) is 0.300. The van der Waals surface area contributed by atoms with Crippen molar-refractivity contribution in [1.82, 2.24) is 20.9 Å². The number of nitrogens with zero attached hydrogens (tertiary/aromatic N) is 1. The number of carbonyl (C=O) groups is 1. The maximum absolute atomic E-state index is 12.0. The number of nitrogens with one attached hydrogen (secondary N) is 4. The Bertz CT molecular complexity index is 1160. The number of aryl methyl sites for hydroxylation is 2. The summed E-state index contributed by atoms with van der Waals surface area (Å²) in [7, 11) is -3.39. The van der Waals surface area contributed by atoms with Gasteiger partial charge in [0.15, 0.2) is 9.84 Å². The first kappa shape index (κ1) is 21.4. The molecule has 10 heteroatoms. The topological polar surface area (TPSA) is 125 Å². The smallest absolute Gasteiger partial charge is 0.333 e. The molecular formula is C20H25N5O4S. The Labute approximate surface area is 175 Å². The molecule has 1 aromatic heterocycles. The average Bonchev–Trinajstić information content (AvgIpc) is 3.16. The van der Waals surface area contributed by atoms with Crippen molar-refractivity contribution in [2.45, 2.75) is 25.2 Å². The molecule has 3 rings (SSSR count). The number of carbonyl (C=O) groups excluding carboxylic acids is 1. The Morgan fingerprint density at radius 2 is 2.00 bits per heavy atom. The SMILES string of the molecule is Cc1ccc(OCCCNC(=O)NNc2ccc(S(C)(=O)=O)c3cn[nH]c23)c(C)c1. The number of urea groups is 1. The quantitative estimate of drug-likeness (QED) is 0.321. The average molecular weight is 432 g/mol. The van der Waals surface area contributed by atoms with Gasteiger partial charge < -0.3 is 10.1 Å². The molecule has 9 nitrogen and oxygen atoms in total. The molecule has 0 saturated heterocycles. The third-order valence-corrected chi connectivity index (χ3v) is 5.64. The van der Waals surface area contributed by atoms with Crippen molar-refractivity contribution in [2.75, 3.05) is 24.8 Å². The summed E-state index contributed by atoms with van der Waals surface area (Å²) in [5, 5.41) is 9.82. The minimum atomic E-state index is -3.39. The second-order valence-electron chi connectivity index (χ2n) is 7.02. The normalized spacial score (nSPS) is 11.3. The maximum Gasteiger partial charge on any atom is 0.333 e. The Balaban J connectivity index is 1.46. The van der Waals surface area contributed by atoms with Crippen molar-refractivity contribution < 1.29 is 17.9 Å². The van der Waals surface area contributed by atoms with Crippen LogP contribution in [0.15, 0.2) is 41.4 Å². The van der Waals surface area contributed by atoms with E-state index in [1.807, 2.05) is 26.0 Å². The molecule has 30 heavy (non-hydrogen) atoms. The maximum atomic E-state index is 12.0. The highest BCUT2D eigenvalue weighted by Crippen LogP contribution is 2.27. The zero-order valence-electron chi connectivity index (χ0n) is 17.1.